The normalized spacial score (nSPS) is 17.6. The van der Waals surface area contributed by atoms with Crippen LogP contribution in [0, 0.1) is 0 Å². The number of benzene rings is 2. The predicted molar refractivity (Wildman–Crippen MR) is 117 cm³/mol. The number of ether oxygens (including phenoxy) is 2. The second-order valence-electron chi connectivity index (χ2n) is 6.81. The Morgan fingerprint density at radius 2 is 1.97 bits per heavy atom. The van der Waals surface area contributed by atoms with Gasteiger partial charge in [0.25, 0.3) is 5.91 Å². The van der Waals surface area contributed by atoms with Gasteiger partial charge in [-0.2, -0.15) is 0 Å². The highest BCUT2D eigenvalue weighted by atomic mass is 35.5. The molecule has 0 atom stereocenters. The number of methoxy groups -OCH3 is 1. The second-order valence-corrected chi connectivity index (χ2v) is 8.01. The van der Waals surface area contributed by atoms with E-state index in [4.69, 9.17) is 44.9 Å². The van der Waals surface area contributed by atoms with Crippen molar-refractivity contribution in [3.8, 4) is 11.5 Å². The van der Waals surface area contributed by atoms with Gasteiger partial charge in [0.05, 0.1) is 17.2 Å². The summed E-state index contributed by atoms with van der Waals surface area (Å²) in [5.74, 6) is 0.991. The van der Waals surface area contributed by atoms with E-state index >= 15 is 0 Å². The highest BCUT2D eigenvalue weighted by molar-refractivity contribution is 7.80. The summed E-state index contributed by atoms with van der Waals surface area (Å²) in [7, 11) is 1.59. The van der Waals surface area contributed by atoms with Crippen LogP contribution in [0.1, 0.15) is 24.0 Å². The Morgan fingerprint density at radius 1 is 1.24 bits per heavy atom. The van der Waals surface area contributed by atoms with Crippen molar-refractivity contribution in [1.82, 2.24) is 10.2 Å². The topological polar surface area (TPSA) is 50.8 Å². The molecular formula is C21H18Cl2N2O3S. The molecule has 1 saturated heterocycles. The molecule has 29 heavy (non-hydrogen) atoms. The SMILES string of the molecule is COc1ccc(/C=C2/NC(=S)N(C3CC3)C2=O)cc1COc1c(Cl)cccc1Cl. The number of hydrogen-bond donors (Lipinski definition) is 1. The fourth-order valence-corrected chi connectivity index (χ4v) is 4.00. The minimum Gasteiger partial charge on any atom is -0.496 e. The first-order chi connectivity index (χ1) is 14.0. The van der Waals surface area contributed by atoms with Crippen LogP contribution in [0.15, 0.2) is 42.1 Å². The maximum absolute atomic E-state index is 12.6. The molecule has 0 aromatic heterocycles. The van der Waals surface area contributed by atoms with Crippen molar-refractivity contribution >= 4 is 52.5 Å². The Morgan fingerprint density at radius 3 is 2.62 bits per heavy atom. The minimum atomic E-state index is -0.0889. The van der Waals surface area contributed by atoms with Crippen LogP contribution < -0.4 is 14.8 Å². The van der Waals surface area contributed by atoms with Crippen LogP contribution in [0.3, 0.4) is 0 Å². The van der Waals surface area contributed by atoms with E-state index in [1.54, 1.807) is 36.3 Å². The molecule has 0 unspecified atom stereocenters. The first kappa shape index (κ1) is 20.0. The van der Waals surface area contributed by atoms with Gasteiger partial charge in [-0.05, 0) is 61.0 Å². The zero-order chi connectivity index (χ0) is 20.5. The van der Waals surface area contributed by atoms with E-state index in [9.17, 15) is 4.79 Å². The second kappa shape index (κ2) is 8.22. The van der Waals surface area contributed by atoms with Crippen LogP contribution in [0.25, 0.3) is 6.08 Å². The third-order valence-electron chi connectivity index (χ3n) is 4.73. The smallest absolute Gasteiger partial charge is 0.276 e. The summed E-state index contributed by atoms with van der Waals surface area (Å²) in [4.78, 5) is 14.3. The molecule has 1 heterocycles. The van der Waals surface area contributed by atoms with Crippen molar-refractivity contribution in [3.05, 3.63) is 63.3 Å². The van der Waals surface area contributed by atoms with Crippen LogP contribution in [0.2, 0.25) is 10.0 Å². The van der Waals surface area contributed by atoms with Gasteiger partial charge >= 0.3 is 0 Å². The number of nitrogens with one attached hydrogen (secondary N) is 1. The molecule has 1 amide bonds. The minimum absolute atomic E-state index is 0.0889. The van der Waals surface area contributed by atoms with Crippen LogP contribution in [0.5, 0.6) is 11.5 Å². The van der Waals surface area contributed by atoms with E-state index in [-0.39, 0.29) is 18.6 Å². The average molecular weight is 449 g/mol. The van der Waals surface area contributed by atoms with Crippen LogP contribution in [0.4, 0.5) is 0 Å². The molecule has 1 N–H and O–H groups in total. The Hall–Kier alpha value is -2.28. The van der Waals surface area contributed by atoms with Gasteiger partial charge in [0.1, 0.15) is 18.1 Å². The lowest BCUT2D eigenvalue weighted by atomic mass is 10.1. The van der Waals surface area contributed by atoms with Crippen LogP contribution in [-0.4, -0.2) is 29.1 Å². The molecule has 4 rings (SSSR count). The van der Waals surface area contributed by atoms with E-state index in [1.807, 2.05) is 18.2 Å². The molecule has 8 heteroatoms. The summed E-state index contributed by atoms with van der Waals surface area (Å²) in [5.41, 5.74) is 2.09. The number of halogens is 2. The van der Waals surface area contributed by atoms with E-state index in [1.165, 1.54) is 0 Å². The molecule has 0 bridgehead atoms. The van der Waals surface area contributed by atoms with Crippen molar-refractivity contribution in [1.29, 1.82) is 0 Å². The molecule has 0 spiro atoms. The third-order valence-corrected chi connectivity index (χ3v) is 5.62. The molecular weight excluding hydrogens is 431 g/mol. The largest absolute Gasteiger partial charge is 0.496 e. The lowest BCUT2D eigenvalue weighted by molar-refractivity contribution is -0.122. The average Bonchev–Trinajstić information content (AvgIpc) is 3.48. The van der Waals surface area contributed by atoms with E-state index in [0.29, 0.717) is 32.4 Å². The zero-order valence-corrected chi connectivity index (χ0v) is 17.9. The van der Waals surface area contributed by atoms with Gasteiger partial charge in [-0.3, -0.25) is 9.69 Å². The van der Waals surface area contributed by atoms with Crippen LogP contribution >= 0.6 is 35.4 Å². The molecule has 2 fully saturated rings. The number of nitrogens with zero attached hydrogens (tertiary/aromatic N) is 1. The number of hydrogen-bond acceptors (Lipinski definition) is 4. The van der Waals surface area contributed by atoms with Gasteiger partial charge in [-0.25, -0.2) is 0 Å². The summed E-state index contributed by atoms with van der Waals surface area (Å²) in [6, 6.07) is 11.0. The predicted octanol–water partition coefficient (Wildman–Crippen LogP) is 4.80. The maximum Gasteiger partial charge on any atom is 0.276 e. The third kappa shape index (κ3) is 4.20. The van der Waals surface area contributed by atoms with E-state index in [0.717, 1.165) is 24.0 Å². The van der Waals surface area contributed by atoms with Crippen molar-refractivity contribution < 1.29 is 14.3 Å². The number of amides is 1. The molecule has 2 aromatic carbocycles. The number of para-hydroxylation sites is 1. The molecule has 1 aliphatic heterocycles. The number of rotatable bonds is 6. The Labute approximate surface area is 184 Å². The molecule has 0 radical (unpaired) electrons. The first-order valence-corrected chi connectivity index (χ1v) is 10.2. The fourth-order valence-electron chi connectivity index (χ4n) is 3.15. The zero-order valence-electron chi connectivity index (χ0n) is 15.6. The molecule has 150 valence electrons. The monoisotopic (exact) mass is 448 g/mol. The Kier molecular flexibility index (Phi) is 5.67. The summed E-state index contributed by atoms with van der Waals surface area (Å²) in [5, 5.41) is 4.35. The molecule has 2 aromatic rings. The lowest BCUT2D eigenvalue weighted by Gasteiger charge is -2.13. The summed E-state index contributed by atoms with van der Waals surface area (Å²) < 4.78 is 11.3. The van der Waals surface area contributed by atoms with Gasteiger partial charge in [0.15, 0.2) is 10.9 Å². The summed E-state index contributed by atoms with van der Waals surface area (Å²) in [6.07, 6.45) is 3.77. The summed E-state index contributed by atoms with van der Waals surface area (Å²) in [6.45, 7) is 0.206. The molecule has 2 aliphatic rings. The highest BCUT2D eigenvalue weighted by Crippen LogP contribution is 2.34. The number of thiocarbonyl (C=S) groups is 1. The highest BCUT2D eigenvalue weighted by Gasteiger charge is 2.41. The Balaban J connectivity index is 1.57. The van der Waals surface area contributed by atoms with Gasteiger partial charge in [0, 0.05) is 11.6 Å². The number of carbonyl (C=O) groups is 1. The summed E-state index contributed by atoms with van der Waals surface area (Å²) >= 11 is 17.7. The van der Waals surface area contributed by atoms with Crippen molar-refractivity contribution in [2.75, 3.05) is 7.11 Å². The lowest BCUT2D eigenvalue weighted by Crippen LogP contribution is -2.32. The van der Waals surface area contributed by atoms with Gasteiger partial charge < -0.3 is 14.8 Å². The Bertz CT molecular complexity index is 1000. The van der Waals surface area contributed by atoms with E-state index in [2.05, 4.69) is 5.32 Å². The molecule has 1 aliphatic carbocycles. The van der Waals surface area contributed by atoms with Crippen LogP contribution in [-0.2, 0) is 11.4 Å². The van der Waals surface area contributed by atoms with Gasteiger partial charge in [-0.1, -0.05) is 35.3 Å². The van der Waals surface area contributed by atoms with Crippen molar-refractivity contribution in [2.24, 2.45) is 0 Å². The molecule has 5 nitrogen and oxygen atoms in total. The van der Waals surface area contributed by atoms with Gasteiger partial charge in [-0.15, -0.1) is 0 Å². The quantitative estimate of drug-likeness (QED) is 0.507. The van der Waals surface area contributed by atoms with E-state index < -0.39 is 0 Å². The standard InChI is InChI=1S/C21H18Cl2N2O3S/c1-27-18-8-5-12(10-17-20(26)25(14-6-7-14)21(29)24-17)9-13(18)11-28-19-15(22)3-2-4-16(19)23/h2-5,8-10,14H,6-7,11H2,1H3,(H,24,29)/b17-10+. The van der Waals surface area contributed by atoms with Crippen molar-refractivity contribution in [2.45, 2.75) is 25.5 Å². The fraction of sp³-hybridized carbons (Fsp3) is 0.238. The first-order valence-electron chi connectivity index (χ1n) is 9.08. The van der Waals surface area contributed by atoms with Crippen molar-refractivity contribution in [3.63, 3.8) is 0 Å². The van der Waals surface area contributed by atoms with Gasteiger partial charge in [0.2, 0.25) is 0 Å². The number of carbonyl (C=O) groups excluding carboxylic acids is 1. The molecule has 1 saturated carbocycles. The maximum atomic E-state index is 12.6.